The number of nitrogens with one attached hydrogen (secondary N) is 1. The van der Waals surface area contributed by atoms with Gasteiger partial charge in [0.2, 0.25) is 0 Å². The van der Waals surface area contributed by atoms with Crippen LogP contribution in [0.15, 0.2) is 18.2 Å². The Morgan fingerprint density at radius 3 is 2.53 bits per heavy atom. The fraction of sp³-hybridized carbons (Fsp3) is 0.222. The summed E-state index contributed by atoms with van der Waals surface area (Å²) in [5.41, 5.74) is 1.96. The number of rotatable bonds is 0. The molecule has 2 nitrogen and oxygen atoms in total. The summed E-state index contributed by atoms with van der Waals surface area (Å²) in [6.07, 6.45) is 0. The van der Waals surface area contributed by atoms with E-state index < -0.39 is 13.9 Å². The first-order chi connectivity index (χ1) is 6.76. The molecule has 1 aromatic rings. The number of aryl methyl sites for hydroxylation is 1. The monoisotopic (exact) mass is 384 g/mol. The van der Waals surface area contributed by atoms with E-state index in [1.54, 1.807) is 6.92 Å². The van der Waals surface area contributed by atoms with Gasteiger partial charge in [-0.05, 0) is 0 Å². The van der Waals surface area contributed by atoms with Gasteiger partial charge in [0.25, 0.3) is 0 Å². The Morgan fingerprint density at radius 2 is 1.87 bits per heavy atom. The maximum absolute atomic E-state index is 6.25. The van der Waals surface area contributed by atoms with Gasteiger partial charge in [0.1, 0.15) is 0 Å². The summed E-state index contributed by atoms with van der Waals surface area (Å²) in [6, 6.07) is 5.71. The second-order valence-corrected chi connectivity index (χ2v) is 26.1. The van der Waals surface area contributed by atoms with E-state index in [0.29, 0.717) is 9.51 Å². The van der Waals surface area contributed by atoms with Crippen molar-refractivity contribution in [1.29, 1.82) is 0 Å². The van der Waals surface area contributed by atoms with Crippen LogP contribution in [0, 0.1) is 6.92 Å². The van der Waals surface area contributed by atoms with Gasteiger partial charge in [-0.25, -0.2) is 0 Å². The SMILES string of the molecule is CC1=[NH+]c2cc(C)ccc2[TeH](Cl)(Cl)(Cl)O1. The quantitative estimate of drug-likeness (QED) is 0.669. The standard InChI is InChI=1S/C9H10Cl3NOTe/c1-6-3-4-9-8(5-6)13-7(2)14-15(9,10,11)12/h3-5,15H,1-2H3/p+1. The number of halogens is 3. The molecule has 15 heavy (non-hydrogen) atoms. The number of hydrogen-bond acceptors (Lipinski definition) is 1. The van der Waals surface area contributed by atoms with Crippen molar-refractivity contribution in [2.75, 3.05) is 0 Å². The molecular weight excluding hydrogens is 372 g/mol. The summed E-state index contributed by atoms with van der Waals surface area (Å²) in [5, 5.41) is 0. The summed E-state index contributed by atoms with van der Waals surface area (Å²) in [6.45, 7) is 3.75. The average Bonchev–Trinajstić information content (AvgIpc) is 1.98. The van der Waals surface area contributed by atoms with Crippen LogP contribution in [0.2, 0.25) is 0 Å². The van der Waals surface area contributed by atoms with Crippen LogP contribution in [0.3, 0.4) is 0 Å². The van der Waals surface area contributed by atoms with Crippen molar-refractivity contribution >= 4 is 55.9 Å². The zero-order valence-electron chi connectivity index (χ0n) is 8.22. The van der Waals surface area contributed by atoms with E-state index in [4.69, 9.17) is 30.0 Å². The Hall–Kier alpha value is 0.350. The van der Waals surface area contributed by atoms with E-state index in [0.717, 1.165) is 11.3 Å². The second-order valence-electron chi connectivity index (χ2n) is 3.54. The Labute approximate surface area is 101 Å². The van der Waals surface area contributed by atoms with Crippen LogP contribution < -0.4 is 8.60 Å². The van der Waals surface area contributed by atoms with Gasteiger partial charge < -0.3 is 0 Å². The van der Waals surface area contributed by atoms with Crippen LogP contribution >= 0.6 is 26.9 Å². The molecule has 84 valence electrons. The van der Waals surface area contributed by atoms with Crippen molar-refractivity contribution in [1.82, 2.24) is 0 Å². The minimum absolute atomic E-state index is 0.551. The molecule has 0 radical (unpaired) electrons. The topological polar surface area (TPSA) is 23.2 Å². The molecule has 0 saturated heterocycles. The van der Waals surface area contributed by atoms with Crippen molar-refractivity contribution in [2.24, 2.45) is 0 Å². The van der Waals surface area contributed by atoms with Crippen molar-refractivity contribution in [3.63, 3.8) is 0 Å². The summed E-state index contributed by atoms with van der Waals surface area (Å²) in [7, 11) is 18.8. The van der Waals surface area contributed by atoms with Gasteiger partial charge in [0, 0.05) is 0 Å². The number of benzene rings is 1. The van der Waals surface area contributed by atoms with Crippen molar-refractivity contribution in [2.45, 2.75) is 13.8 Å². The first-order valence-corrected chi connectivity index (χ1v) is 16.4. The predicted molar refractivity (Wildman–Crippen MR) is 67.9 cm³/mol. The van der Waals surface area contributed by atoms with E-state index in [1.807, 2.05) is 25.1 Å². The van der Waals surface area contributed by atoms with Crippen molar-refractivity contribution in [3.05, 3.63) is 23.8 Å². The summed E-state index contributed by atoms with van der Waals surface area (Å²) in [5.74, 6) is 0.551. The zero-order chi connectivity index (χ0) is 11.3. The normalized spacial score (nSPS) is 24.1. The van der Waals surface area contributed by atoms with Gasteiger partial charge in [0.05, 0.1) is 0 Å². The Morgan fingerprint density at radius 1 is 1.20 bits per heavy atom. The maximum atomic E-state index is 6.25. The van der Waals surface area contributed by atoms with E-state index in [1.165, 1.54) is 0 Å². The Balaban J connectivity index is 2.73. The molecule has 0 fully saturated rings. The van der Waals surface area contributed by atoms with Crippen LogP contribution in [0.5, 0.6) is 0 Å². The Kier molecular flexibility index (Phi) is 2.69. The molecule has 0 amide bonds. The first kappa shape index (κ1) is 11.8. The molecule has 0 unspecified atom stereocenters. The van der Waals surface area contributed by atoms with Crippen LogP contribution in [0.1, 0.15) is 12.5 Å². The summed E-state index contributed by atoms with van der Waals surface area (Å²) >= 11 is -4.58. The van der Waals surface area contributed by atoms with Crippen LogP contribution in [0.25, 0.3) is 0 Å². The molecule has 1 N–H and O–H groups in total. The fourth-order valence-corrected chi connectivity index (χ4v) is 10.5. The molecule has 1 heterocycles. The van der Waals surface area contributed by atoms with Gasteiger partial charge in [-0.1, -0.05) is 0 Å². The van der Waals surface area contributed by atoms with Gasteiger partial charge in [-0.3, -0.25) is 0 Å². The molecule has 0 aliphatic carbocycles. The molecule has 1 aromatic carbocycles. The molecule has 0 spiro atoms. The molecule has 1 aliphatic rings. The van der Waals surface area contributed by atoms with E-state index >= 15 is 0 Å². The molecular formula is C9H11Cl3NOTe+. The van der Waals surface area contributed by atoms with Crippen molar-refractivity contribution < 1.29 is 8.09 Å². The molecule has 2 rings (SSSR count). The molecule has 0 atom stereocenters. The molecule has 6 heteroatoms. The number of fused-ring (bicyclic) bond motifs is 1. The first-order valence-electron chi connectivity index (χ1n) is 4.36. The van der Waals surface area contributed by atoms with Crippen LogP contribution in [0.4, 0.5) is 5.69 Å². The van der Waals surface area contributed by atoms with Gasteiger partial charge >= 0.3 is 102 Å². The minimum atomic E-state index is -4.58. The predicted octanol–water partition coefficient (Wildman–Crippen LogP) is 1.20. The van der Waals surface area contributed by atoms with E-state index in [-0.39, 0.29) is 0 Å². The number of hydrogen-bond donors (Lipinski definition) is 1. The summed E-state index contributed by atoms with van der Waals surface area (Å²) < 4.78 is 6.13. The molecule has 0 aromatic heterocycles. The molecule has 1 aliphatic heterocycles. The summed E-state index contributed by atoms with van der Waals surface area (Å²) in [4.78, 5) is 3.07. The van der Waals surface area contributed by atoms with Crippen LogP contribution in [-0.2, 0) is 3.10 Å². The van der Waals surface area contributed by atoms with Crippen LogP contribution in [-0.4, -0.2) is 19.8 Å². The second kappa shape index (κ2) is 3.42. The third-order valence-corrected chi connectivity index (χ3v) is 12.0. The van der Waals surface area contributed by atoms with Gasteiger partial charge in [-0.15, -0.1) is 0 Å². The third-order valence-electron chi connectivity index (χ3n) is 2.12. The average molecular weight is 383 g/mol. The Bertz CT molecular complexity index is 464. The molecule has 0 saturated carbocycles. The van der Waals surface area contributed by atoms with Gasteiger partial charge in [-0.2, -0.15) is 0 Å². The fourth-order valence-electron chi connectivity index (χ4n) is 1.54. The van der Waals surface area contributed by atoms with E-state index in [9.17, 15) is 0 Å². The van der Waals surface area contributed by atoms with Crippen molar-refractivity contribution in [3.8, 4) is 0 Å². The zero-order valence-corrected chi connectivity index (χ0v) is 13.0. The molecule has 0 bridgehead atoms. The van der Waals surface area contributed by atoms with Gasteiger partial charge in [0.15, 0.2) is 0 Å². The third kappa shape index (κ3) is 2.23. The van der Waals surface area contributed by atoms with E-state index in [2.05, 4.69) is 4.99 Å².